The fourth-order valence-corrected chi connectivity index (χ4v) is 4.21. The van der Waals surface area contributed by atoms with Crippen molar-refractivity contribution in [3.05, 3.63) is 16.6 Å². The van der Waals surface area contributed by atoms with Gasteiger partial charge in [-0.25, -0.2) is 4.98 Å². The monoisotopic (exact) mass is 296 g/mol. The molecule has 4 nitrogen and oxygen atoms in total. The van der Waals surface area contributed by atoms with E-state index < -0.39 is 0 Å². The zero-order chi connectivity index (χ0) is 13.8. The van der Waals surface area contributed by atoms with Gasteiger partial charge in [0.15, 0.2) is 0 Å². The van der Waals surface area contributed by atoms with Gasteiger partial charge >= 0.3 is 0 Å². The highest BCUT2D eigenvalue weighted by molar-refractivity contribution is 7.09. The number of thiazole rings is 1. The lowest BCUT2D eigenvalue weighted by atomic mass is 9.73. The minimum Gasteiger partial charge on any atom is -0.381 e. The van der Waals surface area contributed by atoms with Crippen LogP contribution in [0.2, 0.25) is 0 Å². The van der Waals surface area contributed by atoms with E-state index in [4.69, 9.17) is 9.47 Å². The van der Waals surface area contributed by atoms with Gasteiger partial charge in [0.25, 0.3) is 0 Å². The van der Waals surface area contributed by atoms with E-state index in [9.17, 15) is 0 Å². The second kappa shape index (κ2) is 6.52. The molecule has 0 aromatic carbocycles. The minimum absolute atomic E-state index is 0.198. The third kappa shape index (κ3) is 3.06. The molecule has 0 radical (unpaired) electrons. The van der Waals surface area contributed by atoms with Gasteiger partial charge in [-0.3, -0.25) is 4.90 Å². The lowest BCUT2D eigenvalue weighted by Gasteiger charge is -2.50. The van der Waals surface area contributed by atoms with Crippen LogP contribution < -0.4 is 0 Å². The van der Waals surface area contributed by atoms with E-state index in [1.165, 1.54) is 11.4 Å². The lowest BCUT2D eigenvalue weighted by molar-refractivity contribution is -0.153. The van der Waals surface area contributed by atoms with Crippen LogP contribution in [-0.2, 0) is 16.0 Å². The molecule has 2 aliphatic rings. The van der Waals surface area contributed by atoms with Gasteiger partial charge in [0.1, 0.15) is 5.01 Å². The molecule has 112 valence electrons. The summed E-state index contributed by atoms with van der Waals surface area (Å²) >= 11 is 1.75. The molecule has 2 aliphatic heterocycles. The van der Waals surface area contributed by atoms with Gasteiger partial charge in [0, 0.05) is 43.3 Å². The molecule has 0 amide bonds. The Morgan fingerprint density at radius 1 is 1.60 bits per heavy atom. The Morgan fingerprint density at radius 2 is 2.55 bits per heavy atom. The first-order chi connectivity index (χ1) is 9.82. The SMILES string of the molecule is CCOC[C@@]12CCCO[C@@H]1CCN(Cc1nccs1)C2. The molecule has 3 rings (SSSR count). The third-order valence-corrected chi connectivity index (χ3v) is 5.27. The number of hydrogen-bond donors (Lipinski definition) is 0. The Kier molecular flexibility index (Phi) is 4.71. The van der Waals surface area contributed by atoms with E-state index in [0.29, 0.717) is 6.10 Å². The van der Waals surface area contributed by atoms with Crippen LogP contribution in [0.5, 0.6) is 0 Å². The minimum atomic E-state index is 0.198. The molecule has 0 bridgehead atoms. The highest BCUT2D eigenvalue weighted by Gasteiger charge is 2.46. The molecule has 0 unspecified atom stereocenters. The first-order valence-corrected chi connectivity index (χ1v) is 8.50. The number of hydrogen-bond acceptors (Lipinski definition) is 5. The second-order valence-electron chi connectivity index (χ2n) is 5.89. The fraction of sp³-hybridized carbons (Fsp3) is 0.800. The normalized spacial score (nSPS) is 31.1. The molecule has 0 saturated carbocycles. The van der Waals surface area contributed by atoms with Crippen LogP contribution in [0.25, 0.3) is 0 Å². The average Bonchev–Trinajstić information content (AvgIpc) is 2.98. The molecule has 2 atom stereocenters. The van der Waals surface area contributed by atoms with Crippen LogP contribution in [0.4, 0.5) is 0 Å². The van der Waals surface area contributed by atoms with Crippen molar-refractivity contribution in [2.75, 3.05) is 32.9 Å². The number of piperidine rings is 1. The summed E-state index contributed by atoms with van der Waals surface area (Å²) in [6.07, 6.45) is 5.79. The van der Waals surface area contributed by atoms with Crippen molar-refractivity contribution >= 4 is 11.3 Å². The van der Waals surface area contributed by atoms with Gasteiger partial charge in [-0.15, -0.1) is 11.3 Å². The molecule has 1 aromatic heterocycles. The van der Waals surface area contributed by atoms with Gasteiger partial charge in [0.2, 0.25) is 0 Å². The van der Waals surface area contributed by atoms with Crippen molar-refractivity contribution < 1.29 is 9.47 Å². The summed E-state index contributed by atoms with van der Waals surface area (Å²) in [6.45, 7) is 7.79. The van der Waals surface area contributed by atoms with Crippen molar-refractivity contribution in [2.24, 2.45) is 5.41 Å². The maximum Gasteiger partial charge on any atom is 0.107 e. The number of nitrogens with zero attached hydrogens (tertiary/aromatic N) is 2. The highest BCUT2D eigenvalue weighted by atomic mass is 32.1. The maximum absolute atomic E-state index is 6.05. The molecule has 20 heavy (non-hydrogen) atoms. The lowest BCUT2D eigenvalue weighted by Crippen LogP contribution is -2.56. The molecule has 0 spiro atoms. The van der Waals surface area contributed by atoms with Crippen molar-refractivity contribution in [3.8, 4) is 0 Å². The van der Waals surface area contributed by atoms with Gasteiger partial charge in [-0.1, -0.05) is 0 Å². The van der Waals surface area contributed by atoms with Crippen molar-refractivity contribution in [1.82, 2.24) is 9.88 Å². The smallest absolute Gasteiger partial charge is 0.107 e. The Labute approximate surface area is 125 Å². The molecular formula is C15H24N2O2S. The van der Waals surface area contributed by atoms with Crippen molar-refractivity contribution in [2.45, 2.75) is 38.8 Å². The standard InChI is InChI=1S/C15H24N2O2S/c1-2-18-12-15-5-3-8-19-13(15)4-7-17(11-15)10-14-16-6-9-20-14/h6,9,13H,2-5,7-8,10-12H2,1H3/t13-,15+/m1/s1. The van der Waals surface area contributed by atoms with Gasteiger partial charge in [-0.2, -0.15) is 0 Å². The summed E-state index contributed by atoms with van der Waals surface area (Å²) in [5, 5.41) is 3.27. The summed E-state index contributed by atoms with van der Waals surface area (Å²) in [6, 6.07) is 0. The summed E-state index contributed by atoms with van der Waals surface area (Å²) in [5.41, 5.74) is 0.198. The van der Waals surface area contributed by atoms with Gasteiger partial charge in [-0.05, 0) is 26.2 Å². The number of likely N-dealkylation sites (tertiary alicyclic amines) is 1. The predicted octanol–water partition coefficient (Wildman–Crippen LogP) is 2.55. The van der Waals surface area contributed by atoms with Crippen molar-refractivity contribution in [3.63, 3.8) is 0 Å². The summed E-state index contributed by atoms with van der Waals surface area (Å²) in [5.74, 6) is 0. The van der Waals surface area contributed by atoms with Crippen LogP contribution in [0.3, 0.4) is 0 Å². The molecule has 0 aliphatic carbocycles. The topological polar surface area (TPSA) is 34.6 Å². The molecule has 2 fully saturated rings. The van der Waals surface area contributed by atoms with Gasteiger partial charge < -0.3 is 9.47 Å². The van der Waals surface area contributed by atoms with E-state index >= 15 is 0 Å². The quantitative estimate of drug-likeness (QED) is 0.836. The third-order valence-electron chi connectivity index (χ3n) is 4.50. The number of fused-ring (bicyclic) bond motifs is 1. The zero-order valence-electron chi connectivity index (χ0n) is 12.2. The summed E-state index contributed by atoms with van der Waals surface area (Å²) < 4.78 is 11.8. The summed E-state index contributed by atoms with van der Waals surface area (Å²) in [4.78, 5) is 6.94. The fourth-order valence-electron chi connectivity index (χ4n) is 3.56. The van der Waals surface area contributed by atoms with Crippen molar-refractivity contribution in [1.29, 1.82) is 0 Å². The van der Waals surface area contributed by atoms with Crippen LogP contribution in [-0.4, -0.2) is 48.9 Å². The first kappa shape index (κ1) is 14.4. The molecule has 0 N–H and O–H groups in total. The van der Waals surface area contributed by atoms with E-state index in [-0.39, 0.29) is 5.41 Å². The van der Waals surface area contributed by atoms with Gasteiger partial charge in [0.05, 0.1) is 19.3 Å². The molecule has 1 aromatic rings. The number of aromatic nitrogens is 1. The molecule has 3 heterocycles. The largest absolute Gasteiger partial charge is 0.381 e. The van der Waals surface area contributed by atoms with E-state index in [1.807, 2.05) is 6.20 Å². The summed E-state index contributed by atoms with van der Waals surface area (Å²) in [7, 11) is 0. The Balaban J connectivity index is 1.68. The number of ether oxygens (including phenoxy) is 2. The highest BCUT2D eigenvalue weighted by Crippen LogP contribution is 2.40. The molecule has 2 saturated heterocycles. The second-order valence-corrected chi connectivity index (χ2v) is 6.87. The van der Waals surface area contributed by atoms with Crippen LogP contribution in [0.1, 0.15) is 31.2 Å². The first-order valence-electron chi connectivity index (χ1n) is 7.62. The zero-order valence-corrected chi connectivity index (χ0v) is 13.0. The van der Waals surface area contributed by atoms with E-state index in [1.54, 1.807) is 11.3 Å². The average molecular weight is 296 g/mol. The van der Waals surface area contributed by atoms with Crippen LogP contribution in [0, 0.1) is 5.41 Å². The molecule has 5 heteroatoms. The Hall–Kier alpha value is -0.490. The van der Waals surface area contributed by atoms with Crippen LogP contribution >= 0.6 is 11.3 Å². The van der Waals surface area contributed by atoms with Crippen LogP contribution in [0.15, 0.2) is 11.6 Å². The van der Waals surface area contributed by atoms with E-state index in [2.05, 4.69) is 22.2 Å². The number of rotatable bonds is 5. The van der Waals surface area contributed by atoms with E-state index in [0.717, 1.165) is 52.3 Å². The molecular weight excluding hydrogens is 272 g/mol. The Morgan fingerprint density at radius 3 is 3.35 bits per heavy atom. The predicted molar refractivity (Wildman–Crippen MR) is 79.9 cm³/mol. The Bertz CT molecular complexity index is 412. The maximum atomic E-state index is 6.05.